The van der Waals surface area contributed by atoms with E-state index in [2.05, 4.69) is 0 Å². The minimum Gasteiger partial charge on any atom is -0.204 e. The molecule has 0 fully saturated rings. The van der Waals surface area contributed by atoms with Crippen molar-refractivity contribution in [1.29, 1.82) is 0 Å². The van der Waals surface area contributed by atoms with Crippen LogP contribution in [0.15, 0.2) is 12.1 Å². The zero-order valence-corrected chi connectivity index (χ0v) is 5.42. The Morgan fingerprint density at radius 3 is 2.10 bits per heavy atom. The van der Waals surface area contributed by atoms with Crippen LogP contribution in [0, 0.1) is 17.5 Å². The quantitative estimate of drug-likeness (QED) is 0.411. The average molecular weight is 167 g/mol. The van der Waals surface area contributed by atoms with Gasteiger partial charge in [-0.1, -0.05) is 11.6 Å². The molecule has 0 saturated carbocycles. The van der Waals surface area contributed by atoms with Gasteiger partial charge in [0.1, 0.15) is 0 Å². The highest BCUT2D eigenvalue weighted by Gasteiger charge is 2.10. The molecule has 0 heterocycles. The Morgan fingerprint density at radius 1 is 1.00 bits per heavy atom. The standard InChI is InChI=1S/C6H2ClF3/c7-3-1-2-4(8)6(10)5(3)9/h1-2H. The van der Waals surface area contributed by atoms with Crippen LogP contribution in [0.4, 0.5) is 13.2 Å². The van der Waals surface area contributed by atoms with Gasteiger partial charge in [-0.2, -0.15) is 0 Å². The molecule has 0 bridgehead atoms. The first-order valence-corrected chi connectivity index (χ1v) is 2.79. The highest BCUT2D eigenvalue weighted by Crippen LogP contribution is 2.18. The molecule has 0 aliphatic heterocycles. The molecule has 0 atom stereocenters. The van der Waals surface area contributed by atoms with Gasteiger partial charge in [-0.15, -0.1) is 0 Å². The molecule has 54 valence electrons. The molecule has 0 amide bonds. The van der Waals surface area contributed by atoms with Gasteiger partial charge in [-0.3, -0.25) is 0 Å². The molecule has 0 radical (unpaired) electrons. The third kappa shape index (κ3) is 1.09. The predicted octanol–water partition coefficient (Wildman–Crippen LogP) is 2.76. The molecule has 1 aromatic rings. The summed E-state index contributed by atoms with van der Waals surface area (Å²) in [5, 5.41) is -0.418. The first-order chi connectivity index (χ1) is 4.63. The Hall–Kier alpha value is -0.700. The first-order valence-electron chi connectivity index (χ1n) is 2.42. The van der Waals surface area contributed by atoms with Crippen molar-refractivity contribution >= 4 is 11.6 Å². The summed E-state index contributed by atoms with van der Waals surface area (Å²) in [5.74, 6) is -4.11. The lowest BCUT2D eigenvalue weighted by atomic mass is 10.3. The summed E-state index contributed by atoms with van der Waals surface area (Å²) in [6.45, 7) is 0. The summed E-state index contributed by atoms with van der Waals surface area (Å²) in [7, 11) is 0. The van der Waals surface area contributed by atoms with Gasteiger partial charge in [0.05, 0.1) is 5.02 Å². The van der Waals surface area contributed by atoms with Crippen LogP contribution in [0.3, 0.4) is 0 Å². The van der Waals surface area contributed by atoms with Crippen molar-refractivity contribution in [3.8, 4) is 0 Å². The van der Waals surface area contributed by atoms with Crippen molar-refractivity contribution in [3.05, 3.63) is 34.6 Å². The SMILES string of the molecule is Fc1ccc(Cl)c(F)c1F. The van der Waals surface area contributed by atoms with E-state index in [0.29, 0.717) is 0 Å². The van der Waals surface area contributed by atoms with Gasteiger partial charge < -0.3 is 0 Å². The molecule has 0 aromatic heterocycles. The van der Waals surface area contributed by atoms with Crippen molar-refractivity contribution in [2.45, 2.75) is 0 Å². The van der Waals surface area contributed by atoms with Crippen molar-refractivity contribution in [2.24, 2.45) is 0 Å². The lowest BCUT2D eigenvalue weighted by Gasteiger charge is -1.94. The molecular weight excluding hydrogens is 165 g/mol. The maximum Gasteiger partial charge on any atom is 0.195 e. The van der Waals surface area contributed by atoms with Crippen LogP contribution >= 0.6 is 11.6 Å². The van der Waals surface area contributed by atoms with Crippen LogP contribution in [-0.4, -0.2) is 0 Å². The molecule has 0 N–H and O–H groups in total. The lowest BCUT2D eigenvalue weighted by Crippen LogP contribution is -1.89. The van der Waals surface area contributed by atoms with E-state index in [1.807, 2.05) is 0 Å². The minimum absolute atomic E-state index is 0.418. The second-order valence-corrected chi connectivity index (χ2v) is 2.06. The number of halogens is 4. The van der Waals surface area contributed by atoms with E-state index >= 15 is 0 Å². The largest absolute Gasteiger partial charge is 0.204 e. The summed E-state index contributed by atoms with van der Waals surface area (Å²) in [6, 6.07) is 1.72. The van der Waals surface area contributed by atoms with E-state index in [-0.39, 0.29) is 0 Å². The van der Waals surface area contributed by atoms with Gasteiger partial charge >= 0.3 is 0 Å². The molecule has 4 heteroatoms. The van der Waals surface area contributed by atoms with Crippen LogP contribution in [0.1, 0.15) is 0 Å². The van der Waals surface area contributed by atoms with Crippen LogP contribution in [0.5, 0.6) is 0 Å². The Morgan fingerprint density at radius 2 is 1.60 bits per heavy atom. The lowest BCUT2D eigenvalue weighted by molar-refractivity contribution is 0.447. The van der Waals surface area contributed by atoms with Crippen LogP contribution in [0.25, 0.3) is 0 Å². The summed E-state index contributed by atoms with van der Waals surface area (Å²) in [4.78, 5) is 0. The second-order valence-electron chi connectivity index (χ2n) is 1.66. The van der Waals surface area contributed by atoms with E-state index in [0.717, 1.165) is 12.1 Å². The number of benzene rings is 1. The van der Waals surface area contributed by atoms with E-state index < -0.39 is 22.5 Å². The van der Waals surface area contributed by atoms with Crippen LogP contribution < -0.4 is 0 Å². The summed E-state index contributed by atoms with van der Waals surface area (Å²) in [5.41, 5.74) is 0. The normalized spacial score (nSPS) is 10.0. The molecule has 0 spiro atoms. The topological polar surface area (TPSA) is 0 Å². The number of rotatable bonds is 0. The number of hydrogen-bond donors (Lipinski definition) is 0. The Labute approximate surface area is 60.2 Å². The Balaban J connectivity index is 3.34. The van der Waals surface area contributed by atoms with Gasteiger partial charge in [0.2, 0.25) is 0 Å². The molecule has 0 aliphatic carbocycles. The van der Waals surface area contributed by atoms with Crippen molar-refractivity contribution in [3.63, 3.8) is 0 Å². The average Bonchev–Trinajstić information content (AvgIpc) is 1.93. The van der Waals surface area contributed by atoms with Gasteiger partial charge in [-0.25, -0.2) is 13.2 Å². The maximum absolute atomic E-state index is 12.2. The van der Waals surface area contributed by atoms with E-state index in [4.69, 9.17) is 11.6 Å². The van der Waals surface area contributed by atoms with Crippen LogP contribution in [0.2, 0.25) is 5.02 Å². The Bertz CT molecular complexity index is 232. The predicted molar refractivity (Wildman–Crippen MR) is 31.3 cm³/mol. The fraction of sp³-hybridized carbons (Fsp3) is 0. The van der Waals surface area contributed by atoms with Crippen LogP contribution in [-0.2, 0) is 0 Å². The molecule has 0 unspecified atom stereocenters. The third-order valence-corrected chi connectivity index (χ3v) is 1.28. The van der Waals surface area contributed by atoms with Crippen molar-refractivity contribution in [1.82, 2.24) is 0 Å². The zero-order valence-electron chi connectivity index (χ0n) is 4.67. The summed E-state index contributed by atoms with van der Waals surface area (Å²) >= 11 is 5.10. The summed E-state index contributed by atoms with van der Waals surface area (Å²) < 4.78 is 36.5. The molecule has 1 aromatic carbocycles. The smallest absolute Gasteiger partial charge is 0.195 e. The zero-order chi connectivity index (χ0) is 7.72. The molecular formula is C6H2ClF3. The van der Waals surface area contributed by atoms with Crippen molar-refractivity contribution in [2.75, 3.05) is 0 Å². The van der Waals surface area contributed by atoms with E-state index in [1.54, 1.807) is 0 Å². The highest BCUT2D eigenvalue weighted by molar-refractivity contribution is 6.30. The maximum atomic E-state index is 12.2. The van der Waals surface area contributed by atoms with Gasteiger partial charge in [0.25, 0.3) is 0 Å². The molecule has 0 saturated heterocycles. The van der Waals surface area contributed by atoms with E-state index in [1.165, 1.54) is 0 Å². The fourth-order valence-electron chi connectivity index (χ4n) is 0.502. The monoisotopic (exact) mass is 166 g/mol. The van der Waals surface area contributed by atoms with Gasteiger partial charge in [-0.05, 0) is 12.1 Å². The first kappa shape index (κ1) is 7.41. The van der Waals surface area contributed by atoms with Gasteiger partial charge in [0.15, 0.2) is 17.5 Å². The molecule has 1 rings (SSSR count). The molecule has 10 heavy (non-hydrogen) atoms. The van der Waals surface area contributed by atoms with E-state index in [9.17, 15) is 13.2 Å². The highest BCUT2D eigenvalue weighted by atomic mass is 35.5. The molecule has 0 nitrogen and oxygen atoms in total. The molecule has 0 aliphatic rings. The Kier molecular flexibility index (Phi) is 1.85. The van der Waals surface area contributed by atoms with Gasteiger partial charge in [0, 0.05) is 0 Å². The second kappa shape index (κ2) is 2.50. The van der Waals surface area contributed by atoms with Crippen molar-refractivity contribution < 1.29 is 13.2 Å². The fourth-order valence-corrected chi connectivity index (χ4v) is 0.648. The minimum atomic E-state index is -1.53. The third-order valence-electron chi connectivity index (χ3n) is 0.988. The number of hydrogen-bond acceptors (Lipinski definition) is 0. The summed E-state index contributed by atoms with van der Waals surface area (Å²) in [6.07, 6.45) is 0.